The maximum Gasteiger partial charge on any atom is 0.267 e. The minimum Gasteiger partial charge on any atom is -0.361 e. The molecule has 0 saturated carbocycles. The SMILES string of the molecule is CCC=CCCCN(CCc1c[nH]c2ccccc12)Cc1ccc(C=CC(=O)NO)cc1. The van der Waals surface area contributed by atoms with E-state index in [-0.39, 0.29) is 0 Å². The van der Waals surface area contributed by atoms with Crippen LogP contribution in [0.1, 0.15) is 42.9 Å². The van der Waals surface area contributed by atoms with Crippen molar-refractivity contribution in [2.45, 2.75) is 39.2 Å². The average molecular weight is 432 g/mol. The first-order valence-corrected chi connectivity index (χ1v) is 11.3. The van der Waals surface area contributed by atoms with Crippen LogP contribution in [0.2, 0.25) is 0 Å². The number of carbonyl (C=O) groups is 1. The molecule has 5 heteroatoms. The standard InChI is InChI=1S/C27H33N3O2/c1-2-3-4-5-8-18-30(19-17-24-20-28-26-10-7-6-9-25(24)26)21-23-13-11-22(12-14-23)15-16-27(31)29-32/h3-4,6-7,9-16,20,28,32H,2,5,8,17-19,21H2,1H3,(H,29,31). The summed E-state index contributed by atoms with van der Waals surface area (Å²) in [5, 5.41) is 9.90. The number of nitrogens with zero attached hydrogens (tertiary/aromatic N) is 1. The second-order valence-electron chi connectivity index (χ2n) is 7.96. The quantitative estimate of drug-likeness (QED) is 0.117. The molecule has 0 fully saturated rings. The maximum atomic E-state index is 11.2. The van der Waals surface area contributed by atoms with Crippen LogP contribution in [0.5, 0.6) is 0 Å². The predicted octanol–water partition coefficient (Wildman–Crippen LogP) is 5.48. The summed E-state index contributed by atoms with van der Waals surface area (Å²) in [6.45, 7) is 5.10. The molecule has 1 amide bonds. The highest BCUT2D eigenvalue weighted by Gasteiger charge is 2.09. The molecule has 3 aromatic rings. The van der Waals surface area contributed by atoms with Crippen LogP contribution in [0.4, 0.5) is 0 Å². The van der Waals surface area contributed by atoms with Gasteiger partial charge in [-0.15, -0.1) is 0 Å². The van der Waals surface area contributed by atoms with Gasteiger partial charge in [-0.3, -0.25) is 14.9 Å². The number of carbonyl (C=O) groups excluding carboxylic acids is 1. The van der Waals surface area contributed by atoms with Gasteiger partial charge in [0.25, 0.3) is 5.91 Å². The fourth-order valence-corrected chi connectivity index (χ4v) is 3.81. The lowest BCUT2D eigenvalue weighted by atomic mass is 10.1. The molecule has 0 aliphatic rings. The van der Waals surface area contributed by atoms with Crippen LogP contribution in [0.3, 0.4) is 0 Å². The van der Waals surface area contributed by atoms with E-state index in [1.807, 2.05) is 12.1 Å². The zero-order chi connectivity index (χ0) is 22.6. The molecular formula is C27H33N3O2. The number of benzene rings is 2. The molecule has 0 bridgehead atoms. The highest BCUT2D eigenvalue weighted by atomic mass is 16.5. The predicted molar refractivity (Wildman–Crippen MR) is 131 cm³/mol. The third-order valence-electron chi connectivity index (χ3n) is 5.54. The van der Waals surface area contributed by atoms with Crippen molar-refractivity contribution in [3.05, 3.63) is 89.6 Å². The first-order valence-electron chi connectivity index (χ1n) is 11.3. The Kier molecular flexibility index (Phi) is 9.29. The van der Waals surface area contributed by atoms with Gasteiger partial charge in [0, 0.05) is 36.3 Å². The lowest BCUT2D eigenvalue weighted by Gasteiger charge is -2.22. The van der Waals surface area contributed by atoms with Crippen molar-refractivity contribution < 1.29 is 10.0 Å². The fourth-order valence-electron chi connectivity index (χ4n) is 3.81. The number of rotatable bonds is 12. The highest BCUT2D eigenvalue weighted by Crippen LogP contribution is 2.19. The molecule has 1 aromatic heterocycles. The first kappa shape index (κ1) is 23.5. The molecule has 0 saturated heterocycles. The van der Waals surface area contributed by atoms with Crippen LogP contribution in [-0.2, 0) is 17.8 Å². The van der Waals surface area contributed by atoms with Crippen molar-refractivity contribution in [1.82, 2.24) is 15.4 Å². The summed E-state index contributed by atoms with van der Waals surface area (Å²) < 4.78 is 0. The van der Waals surface area contributed by atoms with Gasteiger partial charge in [-0.25, -0.2) is 5.48 Å². The average Bonchev–Trinajstić information content (AvgIpc) is 3.24. The van der Waals surface area contributed by atoms with Crippen LogP contribution >= 0.6 is 0 Å². The number of hydrogen-bond donors (Lipinski definition) is 3. The minimum absolute atomic E-state index is 0.533. The van der Waals surface area contributed by atoms with Gasteiger partial charge in [0.2, 0.25) is 0 Å². The summed E-state index contributed by atoms with van der Waals surface area (Å²) in [7, 11) is 0. The smallest absolute Gasteiger partial charge is 0.267 e. The van der Waals surface area contributed by atoms with E-state index in [1.165, 1.54) is 28.1 Å². The number of para-hydroxylation sites is 1. The molecule has 0 atom stereocenters. The van der Waals surface area contributed by atoms with Crippen molar-refractivity contribution in [2.24, 2.45) is 0 Å². The number of aromatic amines is 1. The number of unbranched alkanes of at least 4 members (excludes halogenated alkanes) is 1. The maximum absolute atomic E-state index is 11.2. The molecular weight excluding hydrogens is 398 g/mol. The third-order valence-corrected chi connectivity index (χ3v) is 5.54. The number of nitrogens with one attached hydrogen (secondary N) is 2. The molecule has 0 aliphatic carbocycles. The van der Waals surface area contributed by atoms with Crippen LogP contribution in [0, 0.1) is 0 Å². The van der Waals surface area contributed by atoms with E-state index in [9.17, 15) is 4.79 Å². The second-order valence-corrected chi connectivity index (χ2v) is 7.96. The normalized spacial score (nSPS) is 11.8. The number of H-pyrrole nitrogens is 1. The van der Waals surface area contributed by atoms with Crippen molar-refractivity contribution in [3.63, 3.8) is 0 Å². The van der Waals surface area contributed by atoms with Crippen molar-refractivity contribution in [3.8, 4) is 0 Å². The second kappa shape index (κ2) is 12.6. The Bertz CT molecular complexity index is 1030. The number of fused-ring (bicyclic) bond motifs is 1. The number of allylic oxidation sites excluding steroid dienone is 2. The van der Waals surface area contributed by atoms with Gasteiger partial charge in [0.1, 0.15) is 0 Å². The van der Waals surface area contributed by atoms with E-state index >= 15 is 0 Å². The van der Waals surface area contributed by atoms with E-state index in [0.29, 0.717) is 0 Å². The Hall–Kier alpha value is -3.15. The Morgan fingerprint density at radius 3 is 2.69 bits per heavy atom. The van der Waals surface area contributed by atoms with Gasteiger partial charge in [-0.05, 0) is 61.1 Å². The minimum atomic E-state index is -0.533. The number of hydrogen-bond acceptors (Lipinski definition) is 3. The summed E-state index contributed by atoms with van der Waals surface area (Å²) >= 11 is 0. The van der Waals surface area contributed by atoms with E-state index < -0.39 is 5.91 Å². The number of hydroxylamine groups is 1. The van der Waals surface area contributed by atoms with Gasteiger partial charge in [0.05, 0.1) is 0 Å². The van der Waals surface area contributed by atoms with Gasteiger partial charge < -0.3 is 4.98 Å². The van der Waals surface area contributed by atoms with E-state index in [4.69, 9.17) is 5.21 Å². The van der Waals surface area contributed by atoms with Crippen LogP contribution < -0.4 is 5.48 Å². The topological polar surface area (TPSA) is 68.4 Å². The molecule has 32 heavy (non-hydrogen) atoms. The molecule has 2 aromatic carbocycles. The van der Waals surface area contributed by atoms with Gasteiger partial charge in [-0.2, -0.15) is 0 Å². The Morgan fingerprint density at radius 1 is 1.09 bits per heavy atom. The Morgan fingerprint density at radius 2 is 1.91 bits per heavy atom. The largest absolute Gasteiger partial charge is 0.361 e. The van der Waals surface area contributed by atoms with Crippen LogP contribution in [0.25, 0.3) is 17.0 Å². The zero-order valence-corrected chi connectivity index (χ0v) is 18.8. The Labute approximate surface area is 190 Å². The summed E-state index contributed by atoms with van der Waals surface area (Å²) in [6, 6.07) is 16.7. The molecule has 3 N–H and O–H groups in total. The highest BCUT2D eigenvalue weighted by molar-refractivity contribution is 5.90. The summed E-state index contributed by atoms with van der Waals surface area (Å²) in [5.74, 6) is -0.533. The number of aromatic nitrogens is 1. The molecule has 0 aliphatic heterocycles. The summed E-state index contributed by atoms with van der Waals surface area (Å²) in [5.41, 5.74) is 6.32. The molecule has 0 spiro atoms. The molecule has 1 heterocycles. The van der Waals surface area contributed by atoms with Crippen LogP contribution in [0.15, 0.2) is 73.0 Å². The lowest BCUT2D eigenvalue weighted by Crippen LogP contribution is -2.26. The number of amides is 1. The molecule has 0 unspecified atom stereocenters. The van der Waals surface area contributed by atoms with Crippen LogP contribution in [-0.4, -0.2) is 34.1 Å². The first-order chi connectivity index (χ1) is 15.7. The molecule has 168 valence electrons. The van der Waals surface area contributed by atoms with E-state index in [0.717, 1.165) is 50.9 Å². The zero-order valence-electron chi connectivity index (χ0n) is 18.8. The molecule has 3 rings (SSSR count). The van der Waals surface area contributed by atoms with Gasteiger partial charge in [-0.1, -0.05) is 61.5 Å². The molecule has 0 radical (unpaired) electrons. The van der Waals surface area contributed by atoms with E-state index in [1.54, 1.807) is 11.6 Å². The summed E-state index contributed by atoms with van der Waals surface area (Å²) in [4.78, 5) is 17.1. The van der Waals surface area contributed by atoms with Gasteiger partial charge in [0.15, 0.2) is 0 Å². The fraction of sp³-hybridized carbons (Fsp3) is 0.296. The Balaban J connectivity index is 1.63. The summed E-state index contributed by atoms with van der Waals surface area (Å²) in [6.07, 6.45) is 14.0. The third kappa shape index (κ3) is 7.22. The monoisotopic (exact) mass is 431 g/mol. The van der Waals surface area contributed by atoms with Gasteiger partial charge >= 0.3 is 0 Å². The molecule has 5 nitrogen and oxygen atoms in total. The van der Waals surface area contributed by atoms with Crippen molar-refractivity contribution in [1.29, 1.82) is 0 Å². The van der Waals surface area contributed by atoms with E-state index in [2.05, 4.69) is 71.6 Å². The van der Waals surface area contributed by atoms with Crippen molar-refractivity contribution in [2.75, 3.05) is 13.1 Å². The van der Waals surface area contributed by atoms with Crippen molar-refractivity contribution >= 4 is 22.9 Å². The lowest BCUT2D eigenvalue weighted by molar-refractivity contribution is -0.124.